The van der Waals surface area contributed by atoms with E-state index >= 15 is 0 Å². The highest BCUT2D eigenvalue weighted by Crippen LogP contribution is 2.32. The number of pyridine rings is 1. The average Bonchev–Trinajstić information content (AvgIpc) is 3.04. The fourth-order valence-corrected chi connectivity index (χ4v) is 5.37. The maximum Gasteiger partial charge on any atom is 0.407 e. The van der Waals surface area contributed by atoms with Gasteiger partial charge in [0, 0.05) is 62.1 Å². The summed E-state index contributed by atoms with van der Waals surface area (Å²) in [7, 11) is 3.17. The lowest BCUT2D eigenvalue weighted by Crippen LogP contribution is -2.49. The Balaban J connectivity index is 1.15. The lowest BCUT2D eigenvalue weighted by molar-refractivity contribution is -0.121. The van der Waals surface area contributed by atoms with Gasteiger partial charge in [0.15, 0.2) is 11.5 Å². The van der Waals surface area contributed by atoms with Crippen molar-refractivity contribution >= 4 is 29.3 Å². The first kappa shape index (κ1) is 28.7. The Hall–Kier alpha value is -4.80. The van der Waals surface area contributed by atoms with Gasteiger partial charge in [0.25, 0.3) is 5.91 Å². The zero-order valence-electron chi connectivity index (χ0n) is 23.8. The van der Waals surface area contributed by atoms with Crippen molar-refractivity contribution in [1.29, 1.82) is 0 Å². The number of benzene rings is 2. The number of likely N-dealkylation sites (tertiary alicyclic amines) is 1. The highest BCUT2D eigenvalue weighted by atomic mass is 16.5. The van der Waals surface area contributed by atoms with Crippen LogP contribution in [0.15, 0.2) is 60.7 Å². The molecule has 0 spiro atoms. The number of methoxy groups -OCH3 is 2. The average molecular weight is 574 g/mol. The van der Waals surface area contributed by atoms with Crippen molar-refractivity contribution in [3.63, 3.8) is 0 Å². The fourth-order valence-electron chi connectivity index (χ4n) is 5.37. The van der Waals surface area contributed by atoms with E-state index in [1.165, 1.54) is 4.90 Å². The third kappa shape index (κ3) is 6.40. The van der Waals surface area contributed by atoms with E-state index in [-0.39, 0.29) is 17.7 Å². The minimum absolute atomic E-state index is 0.0799. The van der Waals surface area contributed by atoms with Crippen molar-refractivity contribution in [2.75, 3.05) is 63.7 Å². The van der Waals surface area contributed by atoms with Gasteiger partial charge in [-0.15, -0.1) is 0 Å². The number of hydrogen-bond acceptors (Lipinski definition) is 7. The Morgan fingerprint density at radius 1 is 0.833 bits per heavy atom. The summed E-state index contributed by atoms with van der Waals surface area (Å²) in [5.41, 5.74) is 3.63. The summed E-state index contributed by atoms with van der Waals surface area (Å²) in [4.78, 5) is 47.1. The summed E-state index contributed by atoms with van der Waals surface area (Å²) in [6.07, 6.45) is 0.108. The SMILES string of the molecule is COc1ccc(-c2cccc(C(=O)N3CCN(c4ccc(NC(=O)C5CCN(C(=O)O)CC5)cc4)CC3)n2)cc1OC. The van der Waals surface area contributed by atoms with Crippen molar-refractivity contribution in [3.8, 4) is 22.8 Å². The van der Waals surface area contributed by atoms with Crippen LogP contribution in [0.3, 0.4) is 0 Å². The topological polar surface area (TPSA) is 125 Å². The second-order valence-corrected chi connectivity index (χ2v) is 10.3. The first-order valence-corrected chi connectivity index (χ1v) is 14.0. The molecular formula is C31H35N5O6. The van der Waals surface area contributed by atoms with Gasteiger partial charge < -0.3 is 34.6 Å². The molecule has 220 valence electrons. The highest BCUT2D eigenvalue weighted by molar-refractivity contribution is 5.93. The number of piperazine rings is 1. The maximum absolute atomic E-state index is 13.3. The van der Waals surface area contributed by atoms with E-state index < -0.39 is 6.09 Å². The third-order valence-corrected chi connectivity index (χ3v) is 7.85. The largest absolute Gasteiger partial charge is 0.493 e. The predicted octanol–water partition coefficient (Wildman–Crippen LogP) is 4.06. The Morgan fingerprint density at radius 2 is 1.52 bits per heavy atom. The van der Waals surface area contributed by atoms with Gasteiger partial charge in [-0.05, 0) is 67.4 Å². The molecule has 2 aliphatic rings. The van der Waals surface area contributed by atoms with Crippen LogP contribution >= 0.6 is 0 Å². The molecule has 2 aliphatic heterocycles. The first-order chi connectivity index (χ1) is 20.4. The molecule has 2 saturated heterocycles. The van der Waals surface area contributed by atoms with Crippen molar-refractivity contribution in [1.82, 2.24) is 14.8 Å². The third-order valence-electron chi connectivity index (χ3n) is 7.85. The van der Waals surface area contributed by atoms with Crippen molar-refractivity contribution in [3.05, 3.63) is 66.4 Å². The number of rotatable bonds is 7. The summed E-state index contributed by atoms with van der Waals surface area (Å²) in [6.45, 7) is 3.23. The number of carbonyl (C=O) groups is 3. The lowest BCUT2D eigenvalue weighted by atomic mass is 9.96. The molecule has 0 saturated carbocycles. The standard InChI is InChI=1S/C31H35N5O6/c1-41-27-11-6-22(20-28(27)42-2)25-4-3-5-26(33-25)30(38)35-18-16-34(17-19-35)24-9-7-23(8-10-24)32-29(37)21-12-14-36(15-13-21)31(39)40/h3-11,20-21H,12-19H2,1-2H3,(H,32,37)(H,39,40). The van der Waals surface area contributed by atoms with Crippen LogP contribution in [0.4, 0.5) is 16.2 Å². The van der Waals surface area contributed by atoms with Crippen LogP contribution < -0.4 is 19.7 Å². The molecule has 42 heavy (non-hydrogen) atoms. The molecule has 3 aromatic rings. The number of carbonyl (C=O) groups excluding carboxylic acids is 2. The number of ether oxygens (including phenoxy) is 2. The Bertz CT molecular complexity index is 1430. The van der Waals surface area contributed by atoms with E-state index in [1.807, 2.05) is 59.5 Å². The van der Waals surface area contributed by atoms with Crippen LogP contribution in [0.5, 0.6) is 11.5 Å². The van der Waals surface area contributed by atoms with Gasteiger partial charge >= 0.3 is 6.09 Å². The normalized spacial score (nSPS) is 15.7. The Labute approximate surface area is 244 Å². The summed E-state index contributed by atoms with van der Waals surface area (Å²) >= 11 is 0. The Morgan fingerprint density at radius 3 is 2.17 bits per heavy atom. The second-order valence-electron chi connectivity index (χ2n) is 10.3. The summed E-state index contributed by atoms with van der Waals surface area (Å²) < 4.78 is 10.7. The van der Waals surface area contributed by atoms with Gasteiger partial charge in [0.1, 0.15) is 5.69 Å². The number of nitrogens with one attached hydrogen (secondary N) is 1. The molecule has 1 aromatic heterocycles. The highest BCUT2D eigenvalue weighted by Gasteiger charge is 2.27. The van der Waals surface area contributed by atoms with Gasteiger partial charge in [-0.25, -0.2) is 9.78 Å². The van der Waals surface area contributed by atoms with Gasteiger partial charge in [0.05, 0.1) is 19.9 Å². The number of hydrogen-bond donors (Lipinski definition) is 2. The number of aromatic nitrogens is 1. The molecule has 11 heteroatoms. The van der Waals surface area contributed by atoms with Crippen LogP contribution in [0.2, 0.25) is 0 Å². The molecular weight excluding hydrogens is 538 g/mol. The molecule has 0 atom stereocenters. The second kappa shape index (κ2) is 12.8. The van der Waals surface area contributed by atoms with Crippen LogP contribution in [-0.2, 0) is 4.79 Å². The molecule has 11 nitrogen and oxygen atoms in total. The quantitative estimate of drug-likeness (QED) is 0.434. The van der Waals surface area contributed by atoms with Gasteiger partial charge in [0.2, 0.25) is 5.91 Å². The van der Waals surface area contributed by atoms with Gasteiger partial charge in [-0.1, -0.05) is 6.07 Å². The van der Waals surface area contributed by atoms with E-state index in [2.05, 4.69) is 15.2 Å². The molecule has 2 fully saturated rings. The monoisotopic (exact) mass is 573 g/mol. The molecule has 3 amide bonds. The summed E-state index contributed by atoms with van der Waals surface area (Å²) in [5, 5.41) is 12.1. The van der Waals surface area contributed by atoms with Crippen LogP contribution in [-0.4, -0.2) is 91.3 Å². The fraction of sp³-hybridized carbons (Fsp3) is 0.355. The maximum atomic E-state index is 13.3. The van der Waals surface area contributed by atoms with E-state index in [4.69, 9.17) is 14.6 Å². The Kier molecular flexibility index (Phi) is 8.75. The molecule has 2 N–H and O–H groups in total. The number of nitrogens with zero attached hydrogens (tertiary/aromatic N) is 4. The molecule has 3 heterocycles. The van der Waals surface area contributed by atoms with E-state index in [1.54, 1.807) is 20.3 Å². The zero-order valence-corrected chi connectivity index (χ0v) is 23.8. The minimum atomic E-state index is -0.938. The van der Waals surface area contributed by atoms with E-state index in [0.29, 0.717) is 80.7 Å². The number of piperidine rings is 1. The van der Waals surface area contributed by atoms with Crippen LogP contribution in [0, 0.1) is 5.92 Å². The minimum Gasteiger partial charge on any atom is -0.493 e. The number of carboxylic acid groups (broad SMARTS) is 1. The molecule has 0 unspecified atom stereocenters. The van der Waals surface area contributed by atoms with Crippen molar-refractivity contribution in [2.24, 2.45) is 5.92 Å². The van der Waals surface area contributed by atoms with Crippen molar-refractivity contribution < 1.29 is 29.0 Å². The zero-order chi connectivity index (χ0) is 29.6. The van der Waals surface area contributed by atoms with Crippen molar-refractivity contribution in [2.45, 2.75) is 12.8 Å². The molecule has 5 rings (SSSR count). The van der Waals surface area contributed by atoms with E-state index in [9.17, 15) is 14.4 Å². The van der Waals surface area contributed by atoms with E-state index in [0.717, 1.165) is 11.3 Å². The smallest absolute Gasteiger partial charge is 0.407 e. The molecule has 0 radical (unpaired) electrons. The predicted molar refractivity (Wildman–Crippen MR) is 158 cm³/mol. The molecule has 0 aliphatic carbocycles. The first-order valence-electron chi connectivity index (χ1n) is 14.0. The number of amides is 3. The summed E-state index contributed by atoms with van der Waals surface area (Å²) in [5.74, 6) is 0.840. The molecule has 0 bridgehead atoms. The lowest BCUT2D eigenvalue weighted by Gasteiger charge is -2.36. The molecule has 2 aromatic carbocycles. The summed E-state index contributed by atoms with van der Waals surface area (Å²) in [6, 6.07) is 18.7. The van der Waals surface area contributed by atoms with Crippen LogP contribution in [0.25, 0.3) is 11.3 Å². The van der Waals surface area contributed by atoms with Gasteiger partial charge in [-0.3, -0.25) is 9.59 Å². The number of anilines is 2. The van der Waals surface area contributed by atoms with Gasteiger partial charge in [-0.2, -0.15) is 0 Å². The van der Waals surface area contributed by atoms with Crippen LogP contribution in [0.1, 0.15) is 23.3 Å².